The van der Waals surface area contributed by atoms with Crippen LogP contribution >= 0.6 is 0 Å². The van der Waals surface area contributed by atoms with E-state index in [0.29, 0.717) is 13.2 Å². The van der Waals surface area contributed by atoms with E-state index < -0.39 is 5.54 Å². The number of H-pyrrole nitrogens is 1. The lowest BCUT2D eigenvalue weighted by Gasteiger charge is -2.19. The van der Waals surface area contributed by atoms with E-state index in [1.54, 1.807) is 12.5 Å². The molecule has 0 radical (unpaired) electrons. The lowest BCUT2D eigenvalue weighted by molar-refractivity contribution is -0.143. The van der Waals surface area contributed by atoms with Gasteiger partial charge in [0, 0.05) is 24.9 Å². The Bertz CT molecular complexity index is 323. The third-order valence-electron chi connectivity index (χ3n) is 2.51. The number of imidazole rings is 1. The SMILES string of the molecule is CC1(NCc2cnc[nH]2)CCOC1=O. The first kappa shape index (κ1) is 9.21. The van der Waals surface area contributed by atoms with Gasteiger partial charge in [-0.1, -0.05) is 0 Å². The average Bonchev–Trinajstić information content (AvgIpc) is 2.75. The van der Waals surface area contributed by atoms with Crippen molar-refractivity contribution in [3.05, 3.63) is 18.2 Å². The second-order valence-corrected chi connectivity index (χ2v) is 3.65. The molecule has 5 nitrogen and oxygen atoms in total. The number of nitrogens with zero attached hydrogens (tertiary/aromatic N) is 1. The lowest BCUT2D eigenvalue weighted by atomic mass is 10.0. The quantitative estimate of drug-likeness (QED) is 0.676. The smallest absolute Gasteiger partial charge is 0.326 e. The van der Waals surface area contributed by atoms with Crippen molar-refractivity contribution in [1.29, 1.82) is 0 Å². The van der Waals surface area contributed by atoms with Gasteiger partial charge < -0.3 is 9.72 Å². The Labute approximate surface area is 81.9 Å². The molecule has 2 N–H and O–H groups in total. The summed E-state index contributed by atoms with van der Waals surface area (Å²) in [4.78, 5) is 18.2. The van der Waals surface area contributed by atoms with Gasteiger partial charge in [-0.2, -0.15) is 0 Å². The molecule has 1 saturated heterocycles. The van der Waals surface area contributed by atoms with Crippen molar-refractivity contribution in [3.63, 3.8) is 0 Å². The second kappa shape index (κ2) is 3.42. The van der Waals surface area contributed by atoms with Crippen LogP contribution in [0.2, 0.25) is 0 Å². The van der Waals surface area contributed by atoms with Crippen LogP contribution in [0.25, 0.3) is 0 Å². The minimum absolute atomic E-state index is 0.169. The second-order valence-electron chi connectivity index (χ2n) is 3.65. The van der Waals surface area contributed by atoms with Crippen LogP contribution in [-0.4, -0.2) is 28.1 Å². The Kier molecular flexibility index (Phi) is 2.25. The summed E-state index contributed by atoms with van der Waals surface area (Å²) in [6.07, 6.45) is 4.07. The first-order valence-corrected chi connectivity index (χ1v) is 4.60. The van der Waals surface area contributed by atoms with Crippen LogP contribution in [0.1, 0.15) is 19.0 Å². The molecule has 0 spiro atoms. The van der Waals surface area contributed by atoms with E-state index in [1.165, 1.54) is 0 Å². The maximum atomic E-state index is 11.3. The number of ether oxygens (including phenoxy) is 1. The number of cyclic esters (lactones) is 1. The van der Waals surface area contributed by atoms with E-state index in [-0.39, 0.29) is 5.97 Å². The largest absolute Gasteiger partial charge is 0.464 e. The Hall–Kier alpha value is -1.36. The predicted octanol–water partition coefficient (Wildman–Crippen LogP) is 0.205. The highest BCUT2D eigenvalue weighted by atomic mass is 16.5. The van der Waals surface area contributed by atoms with Crippen molar-refractivity contribution in [2.45, 2.75) is 25.4 Å². The van der Waals surface area contributed by atoms with Crippen LogP contribution in [0.3, 0.4) is 0 Å². The summed E-state index contributed by atoms with van der Waals surface area (Å²) < 4.78 is 4.91. The number of esters is 1. The molecule has 1 atom stereocenters. The summed E-state index contributed by atoms with van der Waals surface area (Å²) in [5, 5.41) is 3.16. The van der Waals surface area contributed by atoms with Gasteiger partial charge in [0.15, 0.2) is 0 Å². The monoisotopic (exact) mass is 195 g/mol. The maximum absolute atomic E-state index is 11.3. The highest BCUT2D eigenvalue weighted by Crippen LogP contribution is 2.19. The number of rotatable bonds is 3. The molecule has 0 aromatic carbocycles. The molecule has 0 bridgehead atoms. The molecule has 0 aliphatic carbocycles. The zero-order valence-corrected chi connectivity index (χ0v) is 8.04. The van der Waals surface area contributed by atoms with Crippen LogP contribution < -0.4 is 5.32 Å². The van der Waals surface area contributed by atoms with E-state index in [4.69, 9.17) is 4.74 Å². The number of nitrogens with one attached hydrogen (secondary N) is 2. The van der Waals surface area contributed by atoms with Gasteiger partial charge in [0.05, 0.1) is 12.9 Å². The number of carbonyl (C=O) groups is 1. The molecule has 0 amide bonds. The normalized spacial score (nSPS) is 26.5. The molecular formula is C9H13N3O2. The van der Waals surface area contributed by atoms with Crippen molar-refractivity contribution in [2.75, 3.05) is 6.61 Å². The van der Waals surface area contributed by atoms with Gasteiger partial charge in [0.25, 0.3) is 0 Å². The predicted molar refractivity (Wildman–Crippen MR) is 49.4 cm³/mol. The number of carbonyl (C=O) groups excluding carboxylic acids is 1. The topological polar surface area (TPSA) is 67.0 Å². The van der Waals surface area contributed by atoms with Crippen molar-refractivity contribution >= 4 is 5.97 Å². The lowest BCUT2D eigenvalue weighted by Crippen LogP contribution is -2.45. The van der Waals surface area contributed by atoms with E-state index >= 15 is 0 Å². The van der Waals surface area contributed by atoms with Crippen LogP contribution in [0.5, 0.6) is 0 Å². The summed E-state index contributed by atoms with van der Waals surface area (Å²) in [5.74, 6) is -0.169. The van der Waals surface area contributed by atoms with Crippen molar-refractivity contribution in [3.8, 4) is 0 Å². The summed E-state index contributed by atoms with van der Waals surface area (Å²) in [6.45, 7) is 2.97. The zero-order chi connectivity index (χ0) is 10.0. The van der Waals surface area contributed by atoms with Crippen LogP contribution in [0.4, 0.5) is 0 Å². The Balaban J connectivity index is 1.94. The number of aromatic amines is 1. The van der Waals surface area contributed by atoms with Gasteiger partial charge >= 0.3 is 5.97 Å². The first-order chi connectivity index (χ1) is 6.71. The number of hydrogen-bond donors (Lipinski definition) is 2. The van der Waals surface area contributed by atoms with Crippen LogP contribution in [-0.2, 0) is 16.1 Å². The highest BCUT2D eigenvalue weighted by molar-refractivity contribution is 5.82. The fourth-order valence-electron chi connectivity index (χ4n) is 1.44. The maximum Gasteiger partial charge on any atom is 0.326 e. The summed E-state index contributed by atoms with van der Waals surface area (Å²) >= 11 is 0. The van der Waals surface area contributed by atoms with Gasteiger partial charge in [-0.05, 0) is 6.92 Å². The highest BCUT2D eigenvalue weighted by Gasteiger charge is 2.39. The van der Waals surface area contributed by atoms with Gasteiger partial charge in [-0.15, -0.1) is 0 Å². The molecule has 1 aromatic heterocycles. The molecule has 76 valence electrons. The fourth-order valence-corrected chi connectivity index (χ4v) is 1.44. The van der Waals surface area contributed by atoms with Gasteiger partial charge in [-0.25, -0.2) is 4.98 Å². The first-order valence-electron chi connectivity index (χ1n) is 4.60. The van der Waals surface area contributed by atoms with Crippen molar-refractivity contribution in [1.82, 2.24) is 15.3 Å². The van der Waals surface area contributed by atoms with Gasteiger partial charge in [0.2, 0.25) is 0 Å². The molecule has 1 fully saturated rings. The molecule has 1 aliphatic rings. The Morgan fingerprint density at radius 3 is 3.21 bits per heavy atom. The van der Waals surface area contributed by atoms with E-state index in [9.17, 15) is 4.79 Å². The van der Waals surface area contributed by atoms with Crippen LogP contribution in [0.15, 0.2) is 12.5 Å². The minimum Gasteiger partial charge on any atom is -0.464 e. The average molecular weight is 195 g/mol. The molecule has 14 heavy (non-hydrogen) atoms. The molecule has 0 saturated carbocycles. The molecule has 2 heterocycles. The van der Waals surface area contributed by atoms with Gasteiger partial charge in [-0.3, -0.25) is 10.1 Å². The summed E-state index contributed by atoms with van der Waals surface area (Å²) in [7, 11) is 0. The van der Waals surface area contributed by atoms with Gasteiger partial charge in [0.1, 0.15) is 5.54 Å². The molecule has 1 unspecified atom stereocenters. The fraction of sp³-hybridized carbons (Fsp3) is 0.556. The van der Waals surface area contributed by atoms with E-state index in [0.717, 1.165) is 12.1 Å². The molecule has 1 aromatic rings. The standard InChI is InChI=1S/C9H13N3O2/c1-9(2-3-14-8(9)13)12-5-7-4-10-6-11-7/h4,6,12H,2-3,5H2,1H3,(H,10,11). The van der Waals surface area contributed by atoms with E-state index in [1.807, 2.05) is 6.92 Å². The number of hydrogen-bond acceptors (Lipinski definition) is 4. The summed E-state index contributed by atoms with van der Waals surface area (Å²) in [5.41, 5.74) is 0.427. The Morgan fingerprint density at radius 1 is 1.79 bits per heavy atom. The summed E-state index contributed by atoms with van der Waals surface area (Å²) in [6, 6.07) is 0. The Morgan fingerprint density at radius 2 is 2.64 bits per heavy atom. The van der Waals surface area contributed by atoms with E-state index in [2.05, 4.69) is 15.3 Å². The van der Waals surface area contributed by atoms with Crippen LogP contribution in [0, 0.1) is 0 Å². The third-order valence-corrected chi connectivity index (χ3v) is 2.51. The van der Waals surface area contributed by atoms with Crippen molar-refractivity contribution in [2.24, 2.45) is 0 Å². The molecule has 5 heteroatoms. The zero-order valence-electron chi connectivity index (χ0n) is 8.04. The molecular weight excluding hydrogens is 182 g/mol. The molecule has 2 rings (SSSR count). The minimum atomic E-state index is -0.537. The van der Waals surface area contributed by atoms with Crippen molar-refractivity contribution < 1.29 is 9.53 Å². The molecule has 1 aliphatic heterocycles. The number of aromatic nitrogens is 2. The third kappa shape index (κ3) is 1.63.